The molecule has 0 N–H and O–H groups in total. The summed E-state index contributed by atoms with van der Waals surface area (Å²) in [6.07, 6.45) is 4.07. The summed E-state index contributed by atoms with van der Waals surface area (Å²) >= 11 is 0. The predicted molar refractivity (Wildman–Crippen MR) is 102 cm³/mol. The molecule has 2 aromatic carbocycles. The van der Waals surface area contributed by atoms with Gasteiger partial charge in [-0.1, -0.05) is 75.7 Å². The van der Waals surface area contributed by atoms with Crippen LogP contribution in [0.4, 0.5) is 5.69 Å². The molecule has 4 rings (SSSR count). The van der Waals surface area contributed by atoms with Gasteiger partial charge < -0.3 is 4.90 Å². The summed E-state index contributed by atoms with van der Waals surface area (Å²) in [5, 5.41) is 0. The van der Waals surface area contributed by atoms with Crippen molar-refractivity contribution in [1.82, 2.24) is 0 Å². The van der Waals surface area contributed by atoms with Crippen molar-refractivity contribution in [1.29, 1.82) is 0 Å². The molecular weight excluding hydrogens is 290 g/mol. The van der Waals surface area contributed by atoms with Gasteiger partial charge in [0.2, 0.25) is 0 Å². The van der Waals surface area contributed by atoms with Crippen LogP contribution in [0.5, 0.6) is 0 Å². The van der Waals surface area contributed by atoms with Crippen LogP contribution in [0.1, 0.15) is 51.2 Å². The van der Waals surface area contributed by atoms with Crippen molar-refractivity contribution in [2.75, 3.05) is 4.90 Å². The van der Waals surface area contributed by atoms with E-state index in [-0.39, 0.29) is 5.41 Å². The fourth-order valence-electron chi connectivity index (χ4n) is 5.17. The van der Waals surface area contributed by atoms with Crippen LogP contribution in [0.2, 0.25) is 0 Å². The van der Waals surface area contributed by atoms with E-state index in [4.69, 9.17) is 0 Å². The summed E-state index contributed by atoms with van der Waals surface area (Å²) in [4.78, 5) is 2.72. The molecule has 1 fully saturated rings. The molecule has 0 spiro atoms. The number of fused-ring (bicyclic) bond motifs is 2. The second-order valence-electron chi connectivity index (χ2n) is 8.44. The maximum Gasteiger partial charge on any atom is 0.0432 e. The van der Waals surface area contributed by atoms with E-state index in [9.17, 15) is 0 Å². The summed E-state index contributed by atoms with van der Waals surface area (Å²) in [5.74, 6) is 1.60. The molecule has 1 nitrogen and oxygen atoms in total. The molecule has 0 aromatic heterocycles. The lowest BCUT2D eigenvalue weighted by atomic mass is 9.60. The Morgan fingerprint density at radius 3 is 2.46 bits per heavy atom. The number of rotatable bonds is 2. The van der Waals surface area contributed by atoms with E-state index in [1.807, 2.05) is 0 Å². The van der Waals surface area contributed by atoms with Crippen molar-refractivity contribution < 1.29 is 0 Å². The van der Waals surface area contributed by atoms with E-state index in [0.717, 1.165) is 18.4 Å². The zero-order chi connectivity index (χ0) is 16.7. The third-order valence-corrected chi connectivity index (χ3v) is 6.51. The normalized spacial score (nSPS) is 28.1. The quantitative estimate of drug-likeness (QED) is 0.677. The smallest absolute Gasteiger partial charge is 0.0432 e. The van der Waals surface area contributed by atoms with Crippen molar-refractivity contribution in [3.05, 3.63) is 65.7 Å². The Bertz CT molecular complexity index is 703. The van der Waals surface area contributed by atoms with E-state index in [0.29, 0.717) is 6.04 Å². The van der Waals surface area contributed by atoms with Gasteiger partial charge in [0.1, 0.15) is 0 Å². The molecule has 1 heterocycles. The average molecular weight is 319 g/mol. The first-order valence-electron chi connectivity index (χ1n) is 9.47. The van der Waals surface area contributed by atoms with Gasteiger partial charge in [-0.25, -0.2) is 0 Å². The number of anilines is 1. The number of hydrogen-bond donors (Lipinski definition) is 0. The van der Waals surface area contributed by atoms with E-state index in [2.05, 4.69) is 80.3 Å². The SMILES string of the molecule is C[C@@H]1CC[C@@H]2[C@H](C1)N(Cc1ccccc1)c1ccccc1C2(C)C. The second-order valence-corrected chi connectivity index (χ2v) is 8.44. The van der Waals surface area contributed by atoms with E-state index >= 15 is 0 Å². The van der Waals surface area contributed by atoms with Gasteiger partial charge in [-0.2, -0.15) is 0 Å². The molecule has 1 aliphatic heterocycles. The zero-order valence-electron chi connectivity index (χ0n) is 15.2. The summed E-state index contributed by atoms with van der Waals surface area (Å²) < 4.78 is 0. The largest absolute Gasteiger partial charge is 0.364 e. The summed E-state index contributed by atoms with van der Waals surface area (Å²) in [6.45, 7) is 8.41. The van der Waals surface area contributed by atoms with Crippen LogP contribution in [-0.2, 0) is 12.0 Å². The lowest BCUT2D eigenvalue weighted by molar-refractivity contribution is 0.151. The third kappa shape index (κ3) is 2.55. The Labute approximate surface area is 146 Å². The fraction of sp³-hybridized carbons (Fsp3) is 0.478. The van der Waals surface area contributed by atoms with Gasteiger partial charge in [-0.05, 0) is 47.3 Å². The Balaban J connectivity index is 1.79. The number of nitrogens with zero attached hydrogens (tertiary/aromatic N) is 1. The molecule has 0 bridgehead atoms. The van der Waals surface area contributed by atoms with Gasteiger partial charge >= 0.3 is 0 Å². The van der Waals surface area contributed by atoms with E-state index in [1.54, 1.807) is 0 Å². The Kier molecular flexibility index (Phi) is 3.90. The van der Waals surface area contributed by atoms with E-state index < -0.39 is 0 Å². The molecule has 126 valence electrons. The highest BCUT2D eigenvalue weighted by atomic mass is 15.2. The van der Waals surface area contributed by atoms with Crippen molar-refractivity contribution in [3.63, 3.8) is 0 Å². The van der Waals surface area contributed by atoms with Gasteiger partial charge in [0.15, 0.2) is 0 Å². The number of benzene rings is 2. The Hall–Kier alpha value is -1.76. The minimum Gasteiger partial charge on any atom is -0.364 e. The average Bonchev–Trinajstić information content (AvgIpc) is 2.59. The molecule has 2 aromatic rings. The van der Waals surface area contributed by atoms with Crippen molar-refractivity contribution >= 4 is 5.69 Å². The monoisotopic (exact) mass is 319 g/mol. The summed E-state index contributed by atoms with van der Waals surface area (Å²) in [6, 6.07) is 20.8. The zero-order valence-corrected chi connectivity index (χ0v) is 15.2. The predicted octanol–water partition coefficient (Wildman–Crippen LogP) is 5.79. The first-order valence-corrected chi connectivity index (χ1v) is 9.47. The highest BCUT2D eigenvalue weighted by Crippen LogP contribution is 2.52. The van der Waals surface area contributed by atoms with Gasteiger partial charge in [0, 0.05) is 18.3 Å². The summed E-state index contributed by atoms with van der Waals surface area (Å²) in [7, 11) is 0. The molecule has 0 amide bonds. The second kappa shape index (κ2) is 5.95. The summed E-state index contributed by atoms with van der Waals surface area (Å²) in [5.41, 5.74) is 4.69. The van der Waals surface area contributed by atoms with Crippen LogP contribution < -0.4 is 4.90 Å². The highest BCUT2D eigenvalue weighted by Gasteiger charge is 2.47. The molecule has 1 heteroatoms. The van der Waals surface area contributed by atoms with Gasteiger partial charge in [0.05, 0.1) is 0 Å². The van der Waals surface area contributed by atoms with E-state index in [1.165, 1.54) is 36.1 Å². The minimum atomic E-state index is 0.272. The van der Waals surface area contributed by atoms with Gasteiger partial charge in [-0.3, -0.25) is 0 Å². The van der Waals surface area contributed by atoms with Gasteiger partial charge in [-0.15, -0.1) is 0 Å². The molecule has 1 saturated carbocycles. The van der Waals surface area contributed by atoms with Crippen molar-refractivity contribution in [2.45, 2.75) is 58.0 Å². The lowest BCUT2D eigenvalue weighted by Gasteiger charge is -2.55. The molecule has 0 unspecified atom stereocenters. The van der Waals surface area contributed by atoms with Crippen molar-refractivity contribution in [2.24, 2.45) is 11.8 Å². The van der Waals surface area contributed by atoms with Crippen LogP contribution in [0.25, 0.3) is 0 Å². The first-order chi connectivity index (χ1) is 11.6. The maximum atomic E-state index is 2.72. The molecule has 24 heavy (non-hydrogen) atoms. The topological polar surface area (TPSA) is 3.24 Å². The fourth-order valence-corrected chi connectivity index (χ4v) is 5.17. The molecule has 0 radical (unpaired) electrons. The minimum absolute atomic E-state index is 0.272. The molecule has 1 aliphatic carbocycles. The van der Waals surface area contributed by atoms with Crippen LogP contribution in [0, 0.1) is 11.8 Å². The van der Waals surface area contributed by atoms with Gasteiger partial charge in [0.25, 0.3) is 0 Å². The first kappa shape index (κ1) is 15.7. The number of para-hydroxylation sites is 1. The standard InChI is InChI=1S/C23H29N/c1-17-13-14-20-22(15-17)24(16-18-9-5-4-6-10-18)21-12-8-7-11-19(21)23(20,2)3/h4-12,17,20,22H,13-16H2,1-3H3/t17-,20-,22+/m1/s1. The highest BCUT2D eigenvalue weighted by molar-refractivity contribution is 5.61. The Morgan fingerprint density at radius 2 is 1.67 bits per heavy atom. The Morgan fingerprint density at radius 1 is 0.958 bits per heavy atom. The lowest BCUT2D eigenvalue weighted by Crippen LogP contribution is -2.54. The van der Waals surface area contributed by atoms with Crippen molar-refractivity contribution in [3.8, 4) is 0 Å². The van der Waals surface area contributed by atoms with Crippen LogP contribution in [0.15, 0.2) is 54.6 Å². The molecule has 3 atom stereocenters. The molecule has 0 saturated heterocycles. The van der Waals surface area contributed by atoms with Crippen LogP contribution in [0.3, 0.4) is 0 Å². The molecular formula is C23H29N. The third-order valence-electron chi connectivity index (χ3n) is 6.51. The van der Waals surface area contributed by atoms with Crippen LogP contribution >= 0.6 is 0 Å². The number of hydrogen-bond acceptors (Lipinski definition) is 1. The van der Waals surface area contributed by atoms with Crippen LogP contribution in [-0.4, -0.2) is 6.04 Å². The molecule has 2 aliphatic rings. The maximum absolute atomic E-state index is 2.72.